The van der Waals surface area contributed by atoms with Crippen LogP contribution in [0.1, 0.15) is 23.2 Å². The van der Waals surface area contributed by atoms with E-state index >= 15 is 0 Å². The molecule has 1 unspecified atom stereocenters. The van der Waals surface area contributed by atoms with Gasteiger partial charge < -0.3 is 11.1 Å². The zero-order chi connectivity index (χ0) is 18.7. The van der Waals surface area contributed by atoms with Crippen LogP contribution in [0.15, 0.2) is 59.5 Å². The lowest BCUT2D eigenvalue weighted by molar-refractivity contribution is 0.0950. The van der Waals surface area contributed by atoms with Crippen molar-refractivity contribution in [2.45, 2.75) is 23.8 Å². The number of hydrogen-bond donors (Lipinski definition) is 2. The summed E-state index contributed by atoms with van der Waals surface area (Å²) in [7, 11) is -2.18. The first-order valence-corrected chi connectivity index (χ1v) is 10.0. The monoisotopic (exact) mass is 373 g/mol. The molecule has 6 nitrogen and oxygen atoms in total. The Labute approximate surface area is 154 Å². The number of carbonyl (C=O) groups is 1. The third-order valence-electron chi connectivity index (χ3n) is 4.62. The Morgan fingerprint density at radius 2 is 1.77 bits per heavy atom. The standard InChI is InChI=1S/C19H23N3O3S/c1-22(16-5-3-2-4-6-16)26(24,25)17-11-9-15(10-12-17)19(23)21-13-18(20)14-7-8-14/h2-6,9-12,14,18H,7-8,13,20H2,1H3,(H,21,23). The van der Waals surface area contributed by atoms with Gasteiger partial charge in [-0.15, -0.1) is 0 Å². The number of anilines is 1. The van der Waals surface area contributed by atoms with Crippen LogP contribution in [-0.4, -0.2) is 34.0 Å². The Bertz CT molecular complexity index is 863. The zero-order valence-corrected chi connectivity index (χ0v) is 15.4. The van der Waals surface area contributed by atoms with Gasteiger partial charge in [0.1, 0.15) is 0 Å². The molecule has 1 aliphatic rings. The lowest BCUT2D eigenvalue weighted by Crippen LogP contribution is -2.38. The molecule has 2 aromatic carbocycles. The zero-order valence-electron chi connectivity index (χ0n) is 14.6. The van der Waals surface area contributed by atoms with Crippen molar-refractivity contribution in [3.05, 3.63) is 60.2 Å². The second kappa shape index (κ2) is 7.47. The van der Waals surface area contributed by atoms with Gasteiger partial charge in [0.15, 0.2) is 0 Å². The van der Waals surface area contributed by atoms with Crippen molar-refractivity contribution in [2.24, 2.45) is 11.7 Å². The fourth-order valence-corrected chi connectivity index (χ4v) is 3.91. The number of nitrogens with one attached hydrogen (secondary N) is 1. The van der Waals surface area contributed by atoms with Crippen LogP contribution in [0.2, 0.25) is 0 Å². The molecule has 0 aliphatic heterocycles. The molecule has 0 aromatic heterocycles. The predicted molar refractivity (Wildman–Crippen MR) is 102 cm³/mol. The van der Waals surface area contributed by atoms with Gasteiger partial charge in [-0.2, -0.15) is 0 Å². The summed E-state index contributed by atoms with van der Waals surface area (Å²) in [5.74, 6) is 0.262. The molecular formula is C19H23N3O3S. The minimum absolute atomic E-state index is 0.0156. The molecule has 0 heterocycles. The quantitative estimate of drug-likeness (QED) is 0.776. The highest BCUT2D eigenvalue weighted by atomic mass is 32.2. The fraction of sp³-hybridized carbons (Fsp3) is 0.316. The summed E-state index contributed by atoms with van der Waals surface area (Å²) in [4.78, 5) is 12.3. The van der Waals surface area contributed by atoms with Crippen LogP contribution in [0, 0.1) is 5.92 Å². The Hall–Kier alpha value is -2.38. The Morgan fingerprint density at radius 1 is 1.15 bits per heavy atom. The van der Waals surface area contributed by atoms with Crippen molar-refractivity contribution in [2.75, 3.05) is 17.9 Å². The normalized spacial score (nSPS) is 15.3. The van der Waals surface area contributed by atoms with Gasteiger partial charge in [0, 0.05) is 25.2 Å². The van der Waals surface area contributed by atoms with E-state index in [2.05, 4.69) is 5.32 Å². The van der Waals surface area contributed by atoms with Crippen LogP contribution in [-0.2, 0) is 10.0 Å². The van der Waals surface area contributed by atoms with Crippen LogP contribution in [0.3, 0.4) is 0 Å². The third-order valence-corrected chi connectivity index (χ3v) is 6.42. The van der Waals surface area contributed by atoms with Crippen molar-refractivity contribution in [1.29, 1.82) is 0 Å². The smallest absolute Gasteiger partial charge is 0.264 e. The van der Waals surface area contributed by atoms with Crippen LogP contribution in [0.4, 0.5) is 5.69 Å². The number of para-hydroxylation sites is 1. The first kappa shape index (κ1) is 18.4. The SMILES string of the molecule is CN(c1ccccc1)S(=O)(=O)c1ccc(C(=O)NCC(N)C2CC2)cc1. The van der Waals surface area contributed by atoms with Crippen molar-refractivity contribution in [1.82, 2.24) is 5.32 Å². The van der Waals surface area contributed by atoms with Crippen molar-refractivity contribution < 1.29 is 13.2 Å². The average molecular weight is 373 g/mol. The second-order valence-electron chi connectivity index (χ2n) is 6.54. The third kappa shape index (κ3) is 4.05. The molecule has 1 fully saturated rings. The van der Waals surface area contributed by atoms with E-state index in [1.807, 2.05) is 6.07 Å². The molecule has 3 N–H and O–H groups in total. The van der Waals surface area contributed by atoms with Crippen LogP contribution >= 0.6 is 0 Å². The summed E-state index contributed by atoms with van der Waals surface area (Å²) in [5, 5.41) is 2.80. The van der Waals surface area contributed by atoms with Gasteiger partial charge in [0.05, 0.1) is 10.6 Å². The number of hydrogen-bond acceptors (Lipinski definition) is 4. The summed E-state index contributed by atoms with van der Waals surface area (Å²) in [6, 6.07) is 14.8. The van der Waals surface area contributed by atoms with E-state index in [0.29, 0.717) is 23.7 Å². The number of benzene rings is 2. The molecule has 1 saturated carbocycles. The number of carbonyl (C=O) groups excluding carboxylic acids is 1. The minimum Gasteiger partial charge on any atom is -0.350 e. The van der Waals surface area contributed by atoms with Gasteiger partial charge in [0.2, 0.25) is 0 Å². The first-order chi connectivity index (χ1) is 12.4. The summed E-state index contributed by atoms with van der Waals surface area (Å²) in [6.07, 6.45) is 2.25. The Morgan fingerprint density at radius 3 is 2.35 bits per heavy atom. The molecule has 3 rings (SSSR count). The Kier molecular flexibility index (Phi) is 5.29. The lowest BCUT2D eigenvalue weighted by Gasteiger charge is -2.19. The highest BCUT2D eigenvalue weighted by Crippen LogP contribution is 2.31. The van der Waals surface area contributed by atoms with E-state index in [9.17, 15) is 13.2 Å². The van der Waals surface area contributed by atoms with Crippen LogP contribution in [0.25, 0.3) is 0 Å². The van der Waals surface area contributed by atoms with Crippen LogP contribution < -0.4 is 15.4 Å². The molecule has 0 saturated heterocycles. The van der Waals surface area contributed by atoms with E-state index in [4.69, 9.17) is 5.73 Å². The Balaban J connectivity index is 1.69. The number of nitrogens with zero attached hydrogens (tertiary/aromatic N) is 1. The molecule has 1 aliphatic carbocycles. The van der Waals surface area contributed by atoms with E-state index < -0.39 is 10.0 Å². The highest BCUT2D eigenvalue weighted by Gasteiger charge is 2.28. The lowest BCUT2D eigenvalue weighted by atomic mass is 10.2. The molecule has 26 heavy (non-hydrogen) atoms. The van der Waals surface area contributed by atoms with Crippen molar-refractivity contribution in [3.63, 3.8) is 0 Å². The maximum Gasteiger partial charge on any atom is 0.264 e. The number of sulfonamides is 1. The molecule has 2 aromatic rings. The van der Waals surface area contributed by atoms with Gasteiger partial charge in [0.25, 0.3) is 15.9 Å². The van der Waals surface area contributed by atoms with Crippen molar-refractivity contribution in [3.8, 4) is 0 Å². The maximum absolute atomic E-state index is 12.7. The highest BCUT2D eigenvalue weighted by molar-refractivity contribution is 7.92. The minimum atomic E-state index is -3.68. The fourth-order valence-electron chi connectivity index (χ4n) is 2.72. The first-order valence-electron chi connectivity index (χ1n) is 8.57. The van der Waals surface area contributed by atoms with E-state index in [0.717, 1.165) is 12.8 Å². The topological polar surface area (TPSA) is 92.5 Å². The average Bonchev–Trinajstić information content (AvgIpc) is 3.51. The molecule has 138 valence electrons. The molecular weight excluding hydrogens is 350 g/mol. The number of rotatable bonds is 7. The van der Waals surface area contributed by atoms with E-state index in [1.165, 1.54) is 35.6 Å². The van der Waals surface area contributed by atoms with E-state index in [-0.39, 0.29) is 16.8 Å². The summed E-state index contributed by atoms with van der Waals surface area (Å²) < 4.78 is 26.7. The van der Waals surface area contributed by atoms with E-state index in [1.54, 1.807) is 24.3 Å². The largest absolute Gasteiger partial charge is 0.350 e. The van der Waals surface area contributed by atoms with Crippen LogP contribution in [0.5, 0.6) is 0 Å². The molecule has 0 spiro atoms. The molecule has 0 radical (unpaired) electrons. The number of amides is 1. The van der Waals surface area contributed by atoms with Gasteiger partial charge in [-0.3, -0.25) is 9.10 Å². The van der Waals surface area contributed by atoms with Gasteiger partial charge in [-0.1, -0.05) is 18.2 Å². The maximum atomic E-state index is 12.7. The van der Waals surface area contributed by atoms with Gasteiger partial charge in [-0.05, 0) is 55.2 Å². The molecule has 1 amide bonds. The summed E-state index contributed by atoms with van der Waals surface area (Å²) in [6.45, 7) is 0.431. The van der Waals surface area contributed by atoms with Gasteiger partial charge >= 0.3 is 0 Å². The van der Waals surface area contributed by atoms with Crippen molar-refractivity contribution >= 4 is 21.6 Å². The summed E-state index contributed by atoms with van der Waals surface area (Å²) in [5.41, 5.74) is 6.96. The summed E-state index contributed by atoms with van der Waals surface area (Å²) >= 11 is 0. The van der Waals surface area contributed by atoms with Gasteiger partial charge in [-0.25, -0.2) is 8.42 Å². The molecule has 0 bridgehead atoms. The molecule has 7 heteroatoms. The number of nitrogens with two attached hydrogens (primary N) is 1. The predicted octanol–water partition coefficient (Wildman–Crippen LogP) is 1.98. The second-order valence-corrected chi connectivity index (χ2v) is 8.51. The molecule has 1 atom stereocenters.